The number of halogens is 1. The molecule has 0 bridgehead atoms. The third-order valence-corrected chi connectivity index (χ3v) is 4.44. The van der Waals surface area contributed by atoms with Crippen LogP contribution in [0.25, 0.3) is 0 Å². The minimum atomic E-state index is 0. The maximum absolute atomic E-state index is 12.7. The van der Waals surface area contributed by atoms with Crippen LogP contribution in [-0.2, 0) is 11.2 Å². The summed E-state index contributed by atoms with van der Waals surface area (Å²) in [7, 11) is 0. The summed E-state index contributed by atoms with van der Waals surface area (Å²) in [6, 6.07) is 8.57. The van der Waals surface area contributed by atoms with Gasteiger partial charge in [0.25, 0.3) is 0 Å². The lowest BCUT2D eigenvalue weighted by Crippen LogP contribution is -2.47. The fourth-order valence-corrected chi connectivity index (χ4v) is 3.44. The topological polar surface area (TPSA) is 46.3 Å². The molecule has 1 saturated heterocycles. The van der Waals surface area contributed by atoms with Crippen LogP contribution in [0, 0.1) is 0 Å². The fourth-order valence-electron chi connectivity index (χ4n) is 3.44. The molecule has 0 aromatic heterocycles. The monoisotopic (exact) mass is 294 g/mol. The van der Waals surface area contributed by atoms with E-state index in [0.717, 1.165) is 45.2 Å². The molecule has 110 valence electrons. The van der Waals surface area contributed by atoms with Gasteiger partial charge in [0.15, 0.2) is 0 Å². The lowest BCUT2D eigenvalue weighted by Gasteiger charge is -2.35. The van der Waals surface area contributed by atoms with Gasteiger partial charge in [0.1, 0.15) is 0 Å². The number of aryl methyl sites for hydroxylation is 1. The molecule has 20 heavy (non-hydrogen) atoms. The fraction of sp³-hybridized carbons (Fsp3) is 0.562. The smallest absolute Gasteiger partial charge is 0.230 e. The zero-order valence-corrected chi connectivity index (χ0v) is 12.6. The normalized spacial score (nSPS) is 25.6. The molecule has 2 atom stereocenters. The zero-order chi connectivity index (χ0) is 13.2. The van der Waals surface area contributed by atoms with Gasteiger partial charge in [-0.15, -0.1) is 12.4 Å². The largest absolute Gasteiger partial charge is 0.341 e. The van der Waals surface area contributed by atoms with Crippen LogP contribution in [0.5, 0.6) is 0 Å². The van der Waals surface area contributed by atoms with E-state index < -0.39 is 0 Å². The van der Waals surface area contributed by atoms with Crippen molar-refractivity contribution in [3.05, 3.63) is 35.4 Å². The van der Waals surface area contributed by atoms with Crippen molar-refractivity contribution >= 4 is 18.3 Å². The van der Waals surface area contributed by atoms with Crippen molar-refractivity contribution in [3.8, 4) is 0 Å². The number of piperidine rings is 1. The second-order valence-electron chi connectivity index (χ2n) is 5.83. The van der Waals surface area contributed by atoms with Gasteiger partial charge in [-0.3, -0.25) is 4.79 Å². The Kier molecular flexibility index (Phi) is 5.06. The van der Waals surface area contributed by atoms with Gasteiger partial charge in [-0.1, -0.05) is 24.3 Å². The number of carbonyl (C=O) groups is 1. The Balaban J connectivity index is 0.00000147. The van der Waals surface area contributed by atoms with Crippen LogP contribution in [0.1, 0.15) is 42.7 Å². The Morgan fingerprint density at radius 2 is 2.00 bits per heavy atom. The van der Waals surface area contributed by atoms with Crippen molar-refractivity contribution in [1.29, 1.82) is 0 Å². The summed E-state index contributed by atoms with van der Waals surface area (Å²) in [5.41, 5.74) is 8.60. The highest BCUT2D eigenvalue weighted by Gasteiger charge is 2.31. The summed E-state index contributed by atoms with van der Waals surface area (Å²) in [5.74, 6) is 0.359. The number of carbonyl (C=O) groups excluding carboxylic acids is 1. The van der Waals surface area contributed by atoms with Crippen LogP contribution in [0.2, 0.25) is 0 Å². The predicted octanol–water partition coefficient (Wildman–Crippen LogP) is 2.48. The predicted molar refractivity (Wildman–Crippen MR) is 83.2 cm³/mol. The lowest BCUT2D eigenvalue weighted by molar-refractivity contribution is -0.134. The zero-order valence-electron chi connectivity index (χ0n) is 11.8. The van der Waals surface area contributed by atoms with Gasteiger partial charge in [0.05, 0.1) is 5.92 Å². The number of amides is 1. The van der Waals surface area contributed by atoms with Gasteiger partial charge in [0, 0.05) is 19.1 Å². The Morgan fingerprint density at radius 3 is 2.80 bits per heavy atom. The highest BCUT2D eigenvalue weighted by molar-refractivity contribution is 5.85. The maximum Gasteiger partial charge on any atom is 0.230 e. The summed E-state index contributed by atoms with van der Waals surface area (Å²) in [6.07, 6.45) is 5.31. The Labute approximate surface area is 126 Å². The van der Waals surface area contributed by atoms with Crippen molar-refractivity contribution in [2.75, 3.05) is 13.1 Å². The second-order valence-corrected chi connectivity index (χ2v) is 5.83. The van der Waals surface area contributed by atoms with Crippen LogP contribution in [0.4, 0.5) is 0 Å². The number of benzene rings is 1. The number of nitrogens with two attached hydrogens (primary N) is 1. The first-order valence-electron chi connectivity index (χ1n) is 7.38. The van der Waals surface area contributed by atoms with Gasteiger partial charge < -0.3 is 10.6 Å². The molecular weight excluding hydrogens is 272 g/mol. The van der Waals surface area contributed by atoms with Gasteiger partial charge in [-0.25, -0.2) is 0 Å². The average Bonchev–Trinajstić information content (AvgIpc) is 2.46. The summed E-state index contributed by atoms with van der Waals surface area (Å²) >= 11 is 0. The van der Waals surface area contributed by atoms with E-state index in [4.69, 9.17) is 5.73 Å². The van der Waals surface area contributed by atoms with Crippen molar-refractivity contribution in [2.24, 2.45) is 5.73 Å². The van der Waals surface area contributed by atoms with Crippen molar-refractivity contribution in [2.45, 2.75) is 44.1 Å². The first-order chi connectivity index (χ1) is 9.25. The minimum absolute atomic E-state index is 0. The molecule has 0 spiro atoms. The van der Waals surface area contributed by atoms with Gasteiger partial charge >= 0.3 is 0 Å². The molecule has 1 aliphatic carbocycles. The quantitative estimate of drug-likeness (QED) is 0.865. The summed E-state index contributed by atoms with van der Waals surface area (Å²) < 4.78 is 0. The van der Waals surface area contributed by atoms with Crippen molar-refractivity contribution in [3.63, 3.8) is 0 Å². The first kappa shape index (κ1) is 15.3. The number of likely N-dealkylation sites (tertiary alicyclic amines) is 1. The Hall–Kier alpha value is -1.06. The van der Waals surface area contributed by atoms with Crippen molar-refractivity contribution < 1.29 is 4.79 Å². The molecule has 2 N–H and O–H groups in total. The highest BCUT2D eigenvalue weighted by atomic mass is 35.5. The van der Waals surface area contributed by atoms with Crippen LogP contribution >= 0.6 is 12.4 Å². The first-order valence-corrected chi connectivity index (χ1v) is 7.38. The summed E-state index contributed by atoms with van der Waals surface area (Å²) in [6.45, 7) is 1.61. The number of hydrogen-bond acceptors (Lipinski definition) is 2. The molecule has 1 heterocycles. The van der Waals surface area contributed by atoms with Gasteiger partial charge in [0.2, 0.25) is 5.91 Å². The third kappa shape index (κ3) is 2.99. The van der Waals surface area contributed by atoms with E-state index in [0.29, 0.717) is 5.91 Å². The molecule has 3 rings (SSSR count). The Morgan fingerprint density at radius 1 is 1.20 bits per heavy atom. The standard InChI is InChI=1S/C16H22N2O.ClH/c17-13-7-4-10-18(11-13)16(19)15-9-3-6-12-5-1-2-8-14(12)15;/h1-2,5,8,13,15H,3-4,6-7,9-11,17H2;1H. The Bertz CT molecular complexity index is 477. The van der Waals surface area contributed by atoms with E-state index in [-0.39, 0.29) is 24.4 Å². The number of rotatable bonds is 1. The van der Waals surface area contributed by atoms with Gasteiger partial charge in [-0.2, -0.15) is 0 Å². The van der Waals surface area contributed by atoms with E-state index in [1.54, 1.807) is 0 Å². The summed E-state index contributed by atoms with van der Waals surface area (Å²) in [4.78, 5) is 14.7. The molecule has 2 aliphatic rings. The number of fused-ring (bicyclic) bond motifs is 1. The van der Waals surface area contributed by atoms with Crippen LogP contribution in [0.3, 0.4) is 0 Å². The molecular formula is C16H23ClN2O. The van der Waals surface area contributed by atoms with Gasteiger partial charge in [-0.05, 0) is 43.2 Å². The second kappa shape index (κ2) is 6.59. The molecule has 1 amide bonds. The summed E-state index contributed by atoms with van der Waals surface area (Å²) in [5, 5.41) is 0. The lowest BCUT2D eigenvalue weighted by atomic mass is 9.82. The number of hydrogen-bond donors (Lipinski definition) is 1. The number of nitrogens with zero attached hydrogens (tertiary/aromatic N) is 1. The van der Waals surface area contributed by atoms with Crippen LogP contribution in [0.15, 0.2) is 24.3 Å². The minimum Gasteiger partial charge on any atom is -0.341 e. The SMILES string of the molecule is Cl.NC1CCCN(C(=O)C2CCCc3ccccc32)C1. The molecule has 0 radical (unpaired) electrons. The molecule has 1 aromatic carbocycles. The van der Waals surface area contributed by atoms with E-state index in [1.807, 2.05) is 11.0 Å². The maximum atomic E-state index is 12.7. The molecule has 1 aliphatic heterocycles. The average molecular weight is 295 g/mol. The highest BCUT2D eigenvalue weighted by Crippen LogP contribution is 2.33. The van der Waals surface area contributed by atoms with E-state index in [9.17, 15) is 4.79 Å². The van der Waals surface area contributed by atoms with Crippen LogP contribution < -0.4 is 5.73 Å². The molecule has 2 unspecified atom stereocenters. The van der Waals surface area contributed by atoms with E-state index in [2.05, 4.69) is 18.2 Å². The molecule has 1 aromatic rings. The van der Waals surface area contributed by atoms with E-state index in [1.165, 1.54) is 11.1 Å². The third-order valence-electron chi connectivity index (χ3n) is 4.44. The molecule has 4 heteroatoms. The van der Waals surface area contributed by atoms with Crippen LogP contribution in [-0.4, -0.2) is 29.9 Å². The molecule has 3 nitrogen and oxygen atoms in total. The van der Waals surface area contributed by atoms with Crippen molar-refractivity contribution in [1.82, 2.24) is 4.90 Å². The molecule has 0 saturated carbocycles. The molecule has 1 fully saturated rings. The van der Waals surface area contributed by atoms with E-state index >= 15 is 0 Å².